The fourth-order valence-corrected chi connectivity index (χ4v) is 4.47. The summed E-state index contributed by atoms with van der Waals surface area (Å²) in [5.74, 6) is 0. The Morgan fingerprint density at radius 3 is 2.57 bits per heavy atom. The van der Waals surface area contributed by atoms with Gasteiger partial charge in [0, 0.05) is 5.56 Å². The normalized spacial score (nSPS) is 11.5. The quantitative estimate of drug-likeness (QED) is 0.752. The third-order valence-corrected chi connectivity index (χ3v) is 6.17. The van der Waals surface area contributed by atoms with Crippen molar-refractivity contribution in [2.75, 3.05) is 0 Å². The van der Waals surface area contributed by atoms with Crippen LogP contribution >= 0.6 is 22.9 Å². The van der Waals surface area contributed by atoms with E-state index in [1.165, 1.54) is 12.4 Å². The molecule has 0 radical (unpaired) electrons. The Kier molecular flexibility index (Phi) is 4.72. The summed E-state index contributed by atoms with van der Waals surface area (Å²) in [4.78, 5) is 8.32. The van der Waals surface area contributed by atoms with Crippen molar-refractivity contribution in [1.82, 2.24) is 14.7 Å². The smallest absolute Gasteiger partial charge is 0.240 e. The third-order valence-electron chi connectivity index (χ3n) is 3.05. The van der Waals surface area contributed by atoms with Gasteiger partial charge < -0.3 is 0 Å². The molecule has 1 N–H and O–H groups in total. The van der Waals surface area contributed by atoms with Crippen molar-refractivity contribution in [2.24, 2.45) is 0 Å². The largest absolute Gasteiger partial charge is 0.250 e. The van der Waals surface area contributed by atoms with Crippen LogP contribution in [-0.4, -0.2) is 18.4 Å². The zero-order chi connectivity index (χ0) is 16.3. The van der Waals surface area contributed by atoms with Crippen molar-refractivity contribution in [1.29, 1.82) is 0 Å². The Bertz CT molecular complexity index is 911. The van der Waals surface area contributed by atoms with E-state index in [-0.39, 0.29) is 10.8 Å². The standard InChI is InChI=1S/C15H12ClN3O2S2/c16-14-6-7-15(22-14)23(20,21)19-9-12-8-13(18-10-17-12)11-4-2-1-3-5-11/h1-8,10,19H,9H2. The molecule has 0 fully saturated rings. The molecule has 0 unspecified atom stereocenters. The van der Waals surface area contributed by atoms with Crippen LogP contribution in [0, 0.1) is 0 Å². The molecular weight excluding hydrogens is 354 g/mol. The second-order valence-electron chi connectivity index (χ2n) is 4.64. The summed E-state index contributed by atoms with van der Waals surface area (Å²) in [6.07, 6.45) is 1.42. The van der Waals surface area contributed by atoms with Crippen LogP contribution in [0.1, 0.15) is 5.69 Å². The summed E-state index contributed by atoms with van der Waals surface area (Å²) in [7, 11) is -3.59. The number of halogens is 1. The van der Waals surface area contributed by atoms with E-state index in [2.05, 4.69) is 14.7 Å². The van der Waals surface area contributed by atoms with Gasteiger partial charge in [-0.1, -0.05) is 41.9 Å². The van der Waals surface area contributed by atoms with E-state index in [1.54, 1.807) is 12.1 Å². The van der Waals surface area contributed by atoms with Gasteiger partial charge in [-0.25, -0.2) is 23.1 Å². The molecule has 0 spiro atoms. The highest BCUT2D eigenvalue weighted by atomic mass is 35.5. The summed E-state index contributed by atoms with van der Waals surface area (Å²) in [5, 5.41) is 0. The van der Waals surface area contributed by atoms with Gasteiger partial charge in [-0.2, -0.15) is 0 Å². The van der Waals surface area contributed by atoms with E-state index in [4.69, 9.17) is 11.6 Å². The van der Waals surface area contributed by atoms with E-state index in [0.717, 1.165) is 22.6 Å². The average molecular weight is 366 g/mol. The van der Waals surface area contributed by atoms with Gasteiger partial charge in [0.05, 0.1) is 22.3 Å². The molecule has 0 bridgehead atoms. The molecule has 0 aliphatic carbocycles. The Labute approximate surface area is 143 Å². The molecule has 1 aromatic carbocycles. The molecule has 3 rings (SSSR count). The maximum atomic E-state index is 12.2. The topological polar surface area (TPSA) is 72.0 Å². The van der Waals surface area contributed by atoms with E-state index in [0.29, 0.717) is 10.0 Å². The third kappa shape index (κ3) is 3.94. The summed E-state index contributed by atoms with van der Waals surface area (Å²) >= 11 is 6.79. The first-order valence-electron chi connectivity index (χ1n) is 6.66. The molecule has 5 nitrogen and oxygen atoms in total. The minimum atomic E-state index is -3.59. The minimum absolute atomic E-state index is 0.0835. The highest BCUT2D eigenvalue weighted by molar-refractivity contribution is 7.91. The molecular formula is C15H12ClN3O2S2. The molecule has 3 aromatic rings. The van der Waals surface area contributed by atoms with Crippen LogP contribution in [0.25, 0.3) is 11.3 Å². The lowest BCUT2D eigenvalue weighted by Crippen LogP contribution is -2.23. The highest BCUT2D eigenvalue weighted by Crippen LogP contribution is 2.25. The maximum Gasteiger partial charge on any atom is 0.250 e. The lowest BCUT2D eigenvalue weighted by Gasteiger charge is -2.06. The van der Waals surface area contributed by atoms with Gasteiger partial charge in [0.1, 0.15) is 10.5 Å². The van der Waals surface area contributed by atoms with Crippen LogP contribution in [0.5, 0.6) is 0 Å². The SMILES string of the molecule is O=S(=O)(NCc1cc(-c2ccccc2)ncn1)c1ccc(Cl)s1. The predicted octanol–water partition coefficient (Wildman–Crippen LogP) is 3.34. The number of rotatable bonds is 5. The molecule has 118 valence electrons. The van der Waals surface area contributed by atoms with Crippen LogP contribution in [-0.2, 0) is 16.6 Å². The van der Waals surface area contributed by atoms with E-state index in [1.807, 2.05) is 30.3 Å². The highest BCUT2D eigenvalue weighted by Gasteiger charge is 2.16. The number of thiophene rings is 1. The molecule has 0 aliphatic rings. The molecule has 23 heavy (non-hydrogen) atoms. The van der Waals surface area contributed by atoms with Crippen molar-refractivity contribution in [3.05, 3.63) is 64.9 Å². The summed E-state index contributed by atoms with van der Waals surface area (Å²) in [5.41, 5.74) is 2.28. The Morgan fingerprint density at radius 2 is 1.87 bits per heavy atom. The fraction of sp³-hybridized carbons (Fsp3) is 0.0667. The second kappa shape index (κ2) is 6.76. The van der Waals surface area contributed by atoms with Crippen LogP contribution in [0.3, 0.4) is 0 Å². The number of sulfonamides is 1. The summed E-state index contributed by atoms with van der Waals surface area (Å²) in [6, 6.07) is 14.4. The summed E-state index contributed by atoms with van der Waals surface area (Å²) in [6.45, 7) is 0.0835. The van der Waals surface area contributed by atoms with Gasteiger partial charge >= 0.3 is 0 Å². The molecule has 0 aliphatic heterocycles. The zero-order valence-corrected chi connectivity index (χ0v) is 14.2. The number of nitrogens with one attached hydrogen (secondary N) is 1. The lowest BCUT2D eigenvalue weighted by atomic mass is 10.1. The van der Waals surface area contributed by atoms with Crippen LogP contribution in [0.2, 0.25) is 4.34 Å². The molecule has 0 saturated carbocycles. The molecule has 0 atom stereocenters. The average Bonchev–Trinajstić information content (AvgIpc) is 3.02. The van der Waals surface area contributed by atoms with Crippen molar-refractivity contribution in [2.45, 2.75) is 10.8 Å². The maximum absolute atomic E-state index is 12.2. The van der Waals surface area contributed by atoms with Crippen molar-refractivity contribution in [3.8, 4) is 11.3 Å². The Balaban J connectivity index is 1.76. The Morgan fingerprint density at radius 1 is 1.09 bits per heavy atom. The lowest BCUT2D eigenvalue weighted by molar-refractivity contribution is 0.582. The monoisotopic (exact) mass is 365 g/mol. The van der Waals surface area contributed by atoms with Gasteiger partial charge in [0.25, 0.3) is 0 Å². The Hall–Kier alpha value is -1.80. The van der Waals surface area contributed by atoms with Crippen molar-refractivity contribution < 1.29 is 8.42 Å². The van der Waals surface area contributed by atoms with E-state index in [9.17, 15) is 8.42 Å². The molecule has 8 heteroatoms. The minimum Gasteiger partial charge on any atom is -0.240 e. The van der Waals surface area contributed by atoms with Gasteiger partial charge in [0.2, 0.25) is 10.0 Å². The van der Waals surface area contributed by atoms with Gasteiger partial charge in [-0.15, -0.1) is 11.3 Å². The molecule has 2 heterocycles. The van der Waals surface area contributed by atoms with Gasteiger partial charge in [0.15, 0.2) is 0 Å². The number of hydrogen-bond acceptors (Lipinski definition) is 5. The predicted molar refractivity (Wildman–Crippen MR) is 90.8 cm³/mol. The van der Waals surface area contributed by atoms with Crippen LogP contribution in [0.15, 0.2) is 59.1 Å². The number of benzene rings is 1. The van der Waals surface area contributed by atoms with Gasteiger partial charge in [-0.05, 0) is 18.2 Å². The van der Waals surface area contributed by atoms with E-state index < -0.39 is 10.0 Å². The zero-order valence-electron chi connectivity index (χ0n) is 11.8. The van der Waals surface area contributed by atoms with Gasteiger partial charge in [-0.3, -0.25) is 0 Å². The summed E-state index contributed by atoms with van der Waals surface area (Å²) < 4.78 is 27.5. The van der Waals surface area contributed by atoms with Crippen molar-refractivity contribution >= 4 is 33.0 Å². The molecule has 0 saturated heterocycles. The van der Waals surface area contributed by atoms with Crippen LogP contribution < -0.4 is 4.72 Å². The number of nitrogens with zero attached hydrogens (tertiary/aromatic N) is 2. The molecule has 2 aromatic heterocycles. The second-order valence-corrected chi connectivity index (χ2v) is 8.35. The van der Waals surface area contributed by atoms with Crippen LogP contribution in [0.4, 0.5) is 0 Å². The first-order chi connectivity index (χ1) is 11.0. The first kappa shape index (κ1) is 16.1. The van der Waals surface area contributed by atoms with Crippen molar-refractivity contribution in [3.63, 3.8) is 0 Å². The molecule has 0 amide bonds. The van der Waals surface area contributed by atoms with E-state index >= 15 is 0 Å². The number of aromatic nitrogens is 2. The number of hydrogen-bond donors (Lipinski definition) is 1. The fourth-order valence-electron chi connectivity index (χ4n) is 1.94. The first-order valence-corrected chi connectivity index (χ1v) is 9.34.